The highest BCUT2D eigenvalue weighted by Crippen LogP contribution is 2.57. The summed E-state index contributed by atoms with van der Waals surface area (Å²) in [6.07, 6.45) is 9.67. The zero-order valence-electron chi connectivity index (χ0n) is 12.3. The van der Waals surface area contributed by atoms with Gasteiger partial charge >= 0.3 is 0 Å². The molecule has 4 heteroatoms. The van der Waals surface area contributed by atoms with Crippen molar-refractivity contribution >= 4 is 0 Å². The predicted molar refractivity (Wildman–Crippen MR) is 75.8 cm³/mol. The monoisotopic (exact) mass is 275 g/mol. The first-order chi connectivity index (χ1) is 9.69. The Kier molecular flexibility index (Phi) is 3.09. The van der Waals surface area contributed by atoms with Gasteiger partial charge in [0, 0.05) is 6.42 Å². The Morgan fingerprint density at radius 1 is 1.15 bits per heavy atom. The lowest BCUT2D eigenvalue weighted by molar-refractivity contribution is -0.0400. The molecule has 1 aromatic rings. The number of aryl methyl sites for hydroxylation is 1. The van der Waals surface area contributed by atoms with Gasteiger partial charge in [-0.05, 0) is 75.0 Å². The molecule has 5 rings (SSSR count). The van der Waals surface area contributed by atoms with Gasteiger partial charge in [-0.3, -0.25) is 0 Å². The first-order valence-electron chi connectivity index (χ1n) is 8.27. The molecular weight excluding hydrogens is 250 g/mol. The maximum absolute atomic E-state index is 5.78. The van der Waals surface area contributed by atoms with Crippen LogP contribution in [0.5, 0.6) is 0 Å². The van der Waals surface area contributed by atoms with Crippen LogP contribution in [0, 0.1) is 29.6 Å². The van der Waals surface area contributed by atoms with Gasteiger partial charge < -0.3 is 10.3 Å². The van der Waals surface area contributed by atoms with E-state index >= 15 is 0 Å². The van der Waals surface area contributed by atoms with Crippen LogP contribution in [0.1, 0.15) is 63.2 Å². The van der Waals surface area contributed by atoms with Gasteiger partial charge in [-0.1, -0.05) is 5.16 Å². The minimum absolute atomic E-state index is 0.131. The zero-order chi connectivity index (χ0) is 13.7. The van der Waals surface area contributed by atoms with Crippen LogP contribution in [-0.2, 0) is 6.42 Å². The molecule has 1 atom stereocenters. The quantitative estimate of drug-likeness (QED) is 0.917. The van der Waals surface area contributed by atoms with Crippen molar-refractivity contribution in [2.45, 2.75) is 57.9 Å². The van der Waals surface area contributed by atoms with Crippen molar-refractivity contribution in [1.29, 1.82) is 0 Å². The predicted octanol–water partition coefficient (Wildman–Crippen LogP) is 3.09. The molecule has 0 spiro atoms. The van der Waals surface area contributed by atoms with Gasteiger partial charge in [0.15, 0.2) is 5.82 Å². The van der Waals surface area contributed by atoms with Crippen LogP contribution in [0.4, 0.5) is 0 Å². The van der Waals surface area contributed by atoms with Gasteiger partial charge in [0.1, 0.15) is 0 Å². The SMILES string of the molecule is CC(N)c1noc(CCC2C3CC4CC(C3)CC2C4)n1. The van der Waals surface area contributed by atoms with E-state index in [1.807, 2.05) is 6.92 Å². The molecule has 0 aromatic carbocycles. The van der Waals surface area contributed by atoms with E-state index in [4.69, 9.17) is 10.3 Å². The Hall–Kier alpha value is -0.900. The smallest absolute Gasteiger partial charge is 0.226 e. The molecule has 4 aliphatic rings. The molecule has 4 aliphatic carbocycles. The average Bonchev–Trinajstić information content (AvgIpc) is 2.86. The third-order valence-corrected chi connectivity index (χ3v) is 6.00. The molecule has 0 radical (unpaired) electrons. The van der Waals surface area contributed by atoms with Crippen LogP contribution in [0.2, 0.25) is 0 Å². The van der Waals surface area contributed by atoms with Gasteiger partial charge in [0.2, 0.25) is 5.89 Å². The number of hydrogen-bond acceptors (Lipinski definition) is 4. The van der Waals surface area contributed by atoms with Gasteiger partial charge in [0.05, 0.1) is 6.04 Å². The molecule has 110 valence electrons. The summed E-state index contributed by atoms with van der Waals surface area (Å²) >= 11 is 0. The lowest BCUT2D eigenvalue weighted by atomic mass is 9.51. The highest BCUT2D eigenvalue weighted by atomic mass is 16.5. The first-order valence-corrected chi connectivity index (χ1v) is 8.27. The van der Waals surface area contributed by atoms with Crippen LogP contribution >= 0.6 is 0 Å². The third kappa shape index (κ3) is 2.18. The third-order valence-electron chi connectivity index (χ3n) is 6.00. The highest BCUT2D eigenvalue weighted by molar-refractivity contribution is 4.99. The van der Waals surface area contributed by atoms with Crippen molar-refractivity contribution in [3.8, 4) is 0 Å². The lowest BCUT2D eigenvalue weighted by Crippen LogP contribution is -2.45. The number of nitrogens with zero attached hydrogens (tertiary/aromatic N) is 2. The fourth-order valence-electron chi connectivity index (χ4n) is 5.35. The Bertz CT molecular complexity index is 454. The minimum atomic E-state index is -0.131. The molecule has 0 aliphatic heterocycles. The van der Waals surface area contributed by atoms with Crippen LogP contribution < -0.4 is 5.73 Å². The largest absolute Gasteiger partial charge is 0.339 e. The van der Waals surface area contributed by atoms with Crippen LogP contribution in [0.25, 0.3) is 0 Å². The molecule has 0 saturated heterocycles. The first kappa shape index (κ1) is 12.8. The van der Waals surface area contributed by atoms with Crippen LogP contribution in [0.3, 0.4) is 0 Å². The van der Waals surface area contributed by atoms with Crippen molar-refractivity contribution in [3.05, 3.63) is 11.7 Å². The summed E-state index contributed by atoms with van der Waals surface area (Å²) in [6, 6.07) is -0.131. The van der Waals surface area contributed by atoms with Crippen molar-refractivity contribution < 1.29 is 4.52 Å². The summed E-state index contributed by atoms with van der Waals surface area (Å²) in [6.45, 7) is 1.90. The molecule has 0 amide bonds. The maximum atomic E-state index is 5.78. The van der Waals surface area contributed by atoms with Gasteiger partial charge in [-0.15, -0.1) is 0 Å². The molecule has 1 heterocycles. The summed E-state index contributed by atoms with van der Waals surface area (Å²) in [5, 5.41) is 3.96. The highest BCUT2D eigenvalue weighted by Gasteiger charge is 2.47. The second-order valence-electron chi connectivity index (χ2n) is 7.47. The Labute approximate surface area is 120 Å². The maximum Gasteiger partial charge on any atom is 0.226 e. The summed E-state index contributed by atoms with van der Waals surface area (Å²) < 4.78 is 5.33. The van der Waals surface area contributed by atoms with Gasteiger partial charge in [-0.25, -0.2) is 0 Å². The number of aromatic nitrogens is 2. The second kappa shape index (κ2) is 4.83. The van der Waals surface area contributed by atoms with Crippen LogP contribution in [0.15, 0.2) is 4.52 Å². The fourth-order valence-corrected chi connectivity index (χ4v) is 5.35. The lowest BCUT2D eigenvalue weighted by Gasteiger charge is -2.54. The summed E-state index contributed by atoms with van der Waals surface area (Å²) in [5.41, 5.74) is 5.78. The number of rotatable bonds is 4. The summed E-state index contributed by atoms with van der Waals surface area (Å²) in [4.78, 5) is 4.41. The number of nitrogens with two attached hydrogens (primary N) is 1. The molecule has 4 saturated carbocycles. The fraction of sp³-hybridized carbons (Fsp3) is 0.875. The molecule has 2 N–H and O–H groups in total. The van der Waals surface area contributed by atoms with Gasteiger partial charge in [-0.2, -0.15) is 4.98 Å². The van der Waals surface area contributed by atoms with E-state index < -0.39 is 0 Å². The molecule has 1 unspecified atom stereocenters. The Morgan fingerprint density at radius 3 is 2.35 bits per heavy atom. The molecule has 20 heavy (non-hydrogen) atoms. The zero-order valence-corrected chi connectivity index (χ0v) is 12.3. The van der Waals surface area contributed by atoms with Crippen molar-refractivity contribution in [2.75, 3.05) is 0 Å². The normalized spacial score (nSPS) is 40.2. The van der Waals surface area contributed by atoms with Crippen LogP contribution in [-0.4, -0.2) is 10.1 Å². The van der Waals surface area contributed by atoms with E-state index in [0.717, 1.165) is 41.9 Å². The van der Waals surface area contributed by atoms with Crippen molar-refractivity contribution in [1.82, 2.24) is 10.1 Å². The Balaban J connectivity index is 1.39. The summed E-state index contributed by atoms with van der Waals surface area (Å²) in [7, 11) is 0. The van der Waals surface area contributed by atoms with E-state index in [1.54, 1.807) is 0 Å². The number of hydrogen-bond donors (Lipinski definition) is 1. The van der Waals surface area contributed by atoms with E-state index in [2.05, 4.69) is 10.1 Å². The Morgan fingerprint density at radius 2 is 1.80 bits per heavy atom. The molecule has 4 nitrogen and oxygen atoms in total. The van der Waals surface area contributed by atoms with E-state index in [9.17, 15) is 0 Å². The van der Waals surface area contributed by atoms with E-state index in [0.29, 0.717) is 5.82 Å². The minimum Gasteiger partial charge on any atom is -0.339 e. The summed E-state index contributed by atoms with van der Waals surface area (Å²) in [5.74, 6) is 6.43. The van der Waals surface area contributed by atoms with Crippen molar-refractivity contribution in [2.24, 2.45) is 35.3 Å². The topological polar surface area (TPSA) is 64.9 Å². The molecule has 1 aromatic heterocycles. The van der Waals surface area contributed by atoms with Crippen molar-refractivity contribution in [3.63, 3.8) is 0 Å². The van der Waals surface area contributed by atoms with E-state index in [1.165, 1.54) is 38.5 Å². The second-order valence-corrected chi connectivity index (χ2v) is 7.47. The molecule has 4 bridgehead atoms. The van der Waals surface area contributed by atoms with E-state index in [-0.39, 0.29) is 6.04 Å². The average molecular weight is 275 g/mol. The molecular formula is C16H25N3O. The molecule has 4 fully saturated rings. The standard InChI is InChI=1S/C16H25N3O/c1-9(17)16-18-15(20-19-16)3-2-14-12-5-10-4-11(7-12)8-13(14)6-10/h9-14H,2-8,17H2,1H3. The van der Waals surface area contributed by atoms with Gasteiger partial charge in [0.25, 0.3) is 0 Å².